The summed E-state index contributed by atoms with van der Waals surface area (Å²) in [6, 6.07) is 11.9. The molecule has 0 atom stereocenters. The number of esters is 1. The maximum absolute atomic E-state index is 12.3. The van der Waals surface area contributed by atoms with Crippen molar-refractivity contribution in [3.05, 3.63) is 58.5 Å². The molecule has 9 nitrogen and oxygen atoms in total. The van der Waals surface area contributed by atoms with Gasteiger partial charge in [0.15, 0.2) is 17.4 Å². The molecular formula is C19H14N4O5S. The van der Waals surface area contributed by atoms with Crippen LogP contribution in [-0.4, -0.2) is 40.8 Å². The van der Waals surface area contributed by atoms with Gasteiger partial charge in [-0.3, -0.25) is 14.9 Å². The van der Waals surface area contributed by atoms with Crippen molar-refractivity contribution in [3.8, 4) is 5.75 Å². The normalized spacial score (nSPS) is 10.8. The molecular weight excluding hydrogens is 396 g/mol. The fourth-order valence-corrected chi connectivity index (χ4v) is 3.62. The number of fused-ring (bicyclic) bond motifs is 2. The smallest absolute Gasteiger partial charge is 0.359 e. The first-order valence-electron chi connectivity index (χ1n) is 8.44. The van der Waals surface area contributed by atoms with Crippen molar-refractivity contribution in [2.45, 2.75) is 0 Å². The molecule has 2 aromatic carbocycles. The molecule has 0 saturated carbocycles. The van der Waals surface area contributed by atoms with Crippen LogP contribution in [0.1, 0.15) is 10.5 Å². The fourth-order valence-electron chi connectivity index (χ4n) is 2.71. The third kappa shape index (κ3) is 3.78. The van der Waals surface area contributed by atoms with Gasteiger partial charge in [0.05, 0.1) is 22.7 Å². The molecule has 0 unspecified atom stereocenters. The van der Waals surface area contributed by atoms with E-state index in [9.17, 15) is 14.4 Å². The number of thiazole rings is 1. The number of rotatable bonds is 5. The molecule has 2 heterocycles. The number of H-pyrrole nitrogens is 1. The molecule has 0 radical (unpaired) electrons. The zero-order chi connectivity index (χ0) is 20.4. The van der Waals surface area contributed by atoms with Gasteiger partial charge >= 0.3 is 5.97 Å². The van der Waals surface area contributed by atoms with Crippen LogP contribution in [0, 0.1) is 0 Å². The van der Waals surface area contributed by atoms with Crippen LogP contribution in [0.3, 0.4) is 0 Å². The number of hydrogen-bond donors (Lipinski definition) is 2. The Hall–Kier alpha value is -3.79. The number of benzene rings is 2. The third-order valence-corrected chi connectivity index (χ3v) is 5.00. The number of ether oxygens (including phenoxy) is 2. The Balaban J connectivity index is 1.44. The summed E-state index contributed by atoms with van der Waals surface area (Å²) in [5, 5.41) is 9.63. The summed E-state index contributed by atoms with van der Waals surface area (Å²) in [6.45, 7) is -0.521. The predicted molar refractivity (Wildman–Crippen MR) is 107 cm³/mol. The predicted octanol–water partition coefficient (Wildman–Crippen LogP) is 2.34. The monoisotopic (exact) mass is 410 g/mol. The van der Waals surface area contributed by atoms with Crippen LogP contribution in [0.2, 0.25) is 0 Å². The lowest BCUT2D eigenvalue weighted by atomic mass is 10.1. The summed E-state index contributed by atoms with van der Waals surface area (Å²) in [5.41, 5.74) is 0.231. The highest BCUT2D eigenvalue weighted by molar-refractivity contribution is 7.22. The van der Waals surface area contributed by atoms with E-state index in [0.29, 0.717) is 27.2 Å². The lowest BCUT2D eigenvalue weighted by Gasteiger charge is -2.06. The summed E-state index contributed by atoms with van der Waals surface area (Å²) in [5.74, 6) is -0.673. The van der Waals surface area contributed by atoms with Gasteiger partial charge in [0.1, 0.15) is 5.75 Å². The van der Waals surface area contributed by atoms with Crippen molar-refractivity contribution in [3.63, 3.8) is 0 Å². The Morgan fingerprint density at radius 3 is 2.76 bits per heavy atom. The van der Waals surface area contributed by atoms with Crippen LogP contribution in [0.25, 0.3) is 21.0 Å². The first-order chi connectivity index (χ1) is 14.0. The van der Waals surface area contributed by atoms with Gasteiger partial charge in [-0.2, -0.15) is 5.10 Å². The lowest BCUT2D eigenvalue weighted by molar-refractivity contribution is -0.119. The van der Waals surface area contributed by atoms with Crippen molar-refractivity contribution in [1.82, 2.24) is 15.2 Å². The molecule has 0 fully saturated rings. The molecule has 2 aromatic heterocycles. The Labute approximate surface area is 167 Å². The Morgan fingerprint density at radius 2 is 1.97 bits per heavy atom. The molecule has 0 aliphatic rings. The van der Waals surface area contributed by atoms with E-state index < -0.39 is 24.0 Å². The van der Waals surface area contributed by atoms with Crippen LogP contribution in [0.4, 0.5) is 5.13 Å². The highest BCUT2D eigenvalue weighted by Gasteiger charge is 2.17. The fraction of sp³-hybridized carbons (Fsp3) is 0.105. The average molecular weight is 410 g/mol. The van der Waals surface area contributed by atoms with Crippen molar-refractivity contribution in [2.75, 3.05) is 19.0 Å². The Bertz CT molecular complexity index is 1300. The lowest BCUT2D eigenvalue weighted by Crippen LogP contribution is -2.22. The standard InChI is InChI=1S/C19H14N4O5S/c1-27-10-6-7-13-14(8-10)29-19(20-13)21-15(24)9-28-18(26)16-11-4-2-3-5-12(11)17(25)23-22-16/h2-8H,9H2,1H3,(H,23,25)(H,20,21,24). The molecule has 4 rings (SSSR count). The van der Waals surface area contributed by atoms with Crippen LogP contribution in [0.15, 0.2) is 47.3 Å². The molecule has 4 aromatic rings. The quantitative estimate of drug-likeness (QED) is 0.484. The van der Waals surface area contributed by atoms with E-state index in [1.807, 2.05) is 6.07 Å². The Kier molecular flexibility index (Phi) is 4.92. The number of aromatic nitrogens is 3. The van der Waals surface area contributed by atoms with Gasteiger partial charge in [-0.1, -0.05) is 29.5 Å². The molecule has 0 spiro atoms. The number of aromatic amines is 1. The number of methoxy groups -OCH3 is 1. The number of anilines is 1. The van der Waals surface area contributed by atoms with Crippen LogP contribution in [-0.2, 0) is 9.53 Å². The molecule has 10 heteroatoms. The molecule has 29 heavy (non-hydrogen) atoms. The van der Waals surface area contributed by atoms with Crippen LogP contribution in [0.5, 0.6) is 5.75 Å². The number of carbonyl (C=O) groups excluding carboxylic acids is 2. The van der Waals surface area contributed by atoms with E-state index in [4.69, 9.17) is 9.47 Å². The second-order valence-electron chi connectivity index (χ2n) is 5.92. The second kappa shape index (κ2) is 7.68. The van der Waals surface area contributed by atoms with Gasteiger partial charge in [0.2, 0.25) is 0 Å². The van der Waals surface area contributed by atoms with Gasteiger partial charge in [-0.15, -0.1) is 0 Å². The first kappa shape index (κ1) is 18.6. The molecule has 146 valence electrons. The van der Waals surface area contributed by atoms with Crippen molar-refractivity contribution in [2.24, 2.45) is 0 Å². The number of nitrogens with one attached hydrogen (secondary N) is 2. The van der Waals surface area contributed by atoms with Gasteiger partial charge in [0, 0.05) is 5.39 Å². The summed E-state index contributed by atoms with van der Waals surface area (Å²) in [7, 11) is 1.57. The van der Waals surface area contributed by atoms with Gasteiger partial charge in [0.25, 0.3) is 11.5 Å². The van der Waals surface area contributed by atoms with Crippen molar-refractivity contribution < 1.29 is 19.1 Å². The minimum atomic E-state index is -0.818. The zero-order valence-corrected chi connectivity index (χ0v) is 15.9. The van der Waals surface area contributed by atoms with Crippen LogP contribution < -0.4 is 15.6 Å². The van der Waals surface area contributed by atoms with Crippen molar-refractivity contribution in [1.29, 1.82) is 0 Å². The number of amides is 1. The molecule has 0 bridgehead atoms. The molecule has 1 amide bonds. The maximum atomic E-state index is 12.3. The summed E-state index contributed by atoms with van der Waals surface area (Å²) >= 11 is 1.27. The van der Waals surface area contributed by atoms with E-state index in [0.717, 1.165) is 4.70 Å². The number of carbonyl (C=O) groups is 2. The molecule has 0 aliphatic carbocycles. The Morgan fingerprint density at radius 1 is 1.17 bits per heavy atom. The highest BCUT2D eigenvalue weighted by atomic mass is 32.1. The number of hydrogen-bond acceptors (Lipinski definition) is 8. The molecule has 0 saturated heterocycles. The summed E-state index contributed by atoms with van der Waals surface area (Å²) < 4.78 is 11.1. The molecule has 0 aliphatic heterocycles. The minimum absolute atomic E-state index is 0.0694. The van der Waals surface area contributed by atoms with Gasteiger partial charge in [-0.05, 0) is 24.3 Å². The third-order valence-electron chi connectivity index (χ3n) is 4.07. The highest BCUT2D eigenvalue weighted by Crippen LogP contribution is 2.29. The zero-order valence-electron chi connectivity index (χ0n) is 15.1. The van der Waals surface area contributed by atoms with Crippen molar-refractivity contribution >= 4 is 49.3 Å². The van der Waals surface area contributed by atoms with Crippen LogP contribution >= 0.6 is 11.3 Å². The minimum Gasteiger partial charge on any atom is -0.497 e. The van der Waals surface area contributed by atoms with Gasteiger partial charge in [-0.25, -0.2) is 14.9 Å². The maximum Gasteiger partial charge on any atom is 0.359 e. The topological polar surface area (TPSA) is 123 Å². The van der Waals surface area contributed by atoms with E-state index in [1.165, 1.54) is 11.3 Å². The summed E-state index contributed by atoms with van der Waals surface area (Å²) in [4.78, 5) is 40.6. The van der Waals surface area contributed by atoms with E-state index >= 15 is 0 Å². The average Bonchev–Trinajstić information content (AvgIpc) is 3.13. The summed E-state index contributed by atoms with van der Waals surface area (Å²) in [6.07, 6.45) is 0. The molecule has 2 N–H and O–H groups in total. The van der Waals surface area contributed by atoms with E-state index in [1.54, 1.807) is 43.5 Å². The number of nitrogens with zero attached hydrogens (tertiary/aromatic N) is 2. The largest absolute Gasteiger partial charge is 0.497 e. The van der Waals surface area contributed by atoms with E-state index in [2.05, 4.69) is 20.5 Å². The SMILES string of the molecule is COc1ccc2nc(NC(=O)COC(=O)c3n[nH]c(=O)c4ccccc34)sc2c1. The van der Waals surface area contributed by atoms with Gasteiger partial charge < -0.3 is 9.47 Å². The second-order valence-corrected chi connectivity index (χ2v) is 6.95. The first-order valence-corrected chi connectivity index (χ1v) is 9.26. The van der Waals surface area contributed by atoms with E-state index in [-0.39, 0.29) is 5.69 Å².